The summed E-state index contributed by atoms with van der Waals surface area (Å²) < 4.78 is 76.7. The lowest BCUT2D eigenvalue weighted by Crippen LogP contribution is -2.22. The number of hydrogen-bond acceptors (Lipinski definition) is 5. The van der Waals surface area contributed by atoms with Crippen LogP contribution < -0.4 is 4.74 Å². The summed E-state index contributed by atoms with van der Waals surface area (Å²) in [4.78, 5) is 11.5. The molecule has 0 aromatic carbocycles. The van der Waals surface area contributed by atoms with Crippen LogP contribution in [0.4, 0.5) is 32.0 Å². The number of ether oxygens (including phenoxy) is 1. The summed E-state index contributed by atoms with van der Waals surface area (Å²) in [5.74, 6) is -2.12. The Hall–Kier alpha value is -2.58. The van der Waals surface area contributed by atoms with E-state index in [1.54, 1.807) is 0 Å². The van der Waals surface area contributed by atoms with Gasteiger partial charge >= 0.3 is 18.2 Å². The molecule has 0 unspecified atom stereocenters. The molecule has 0 saturated carbocycles. The molecule has 1 aromatic rings. The summed E-state index contributed by atoms with van der Waals surface area (Å²) in [6.07, 6.45) is -11.1. The Balaban J connectivity index is 3.66. The van der Waals surface area contributed by atoms with Crippen LogP contribution >= 0.6 is 0 Å². The maximum Gasteiger partial charge on any atom is 0.573 e. The molecule has 108 valence electrons. The lowest BCUT2D eigenvalue weighted by atomic mass is 10.2. The van der Waals surface area contributed by atoms with Crippen LogP contribution in [-0.4, -0.2) is 16.3 Å². The van der Waals surface area contributed by atoms with Crippen molar-refractivity contribution in [2.75, 3.05) is 0 Å². The van der Waals surface area contributed by atoms with Gasteiger partial charge in [-0.2, -0.15) is 18.4 Å². The van der Waals surface area contributed by atoms with Crippen LogP contribution in [0.25, 0.3) is 0 Å². The molecule has 6 nitrogen and oxygen atoms in total. The summed E-state index contributed by atoms with van der Waals surface area (Å²) in [6.45, 7) is 0. The van der Waals surface area contributed by atoms with E-state index in [1.807, 2.05) is 0 Å². The monoisotopic (exact) mass is 301 g/mol. The van der Waals surface area contributed by atoms with Crippen molar-refractivity contribution in [2.45, 2.75) is 12.5 Å². The van der Waals surface area contributed by atoms with E-state index in [1.165, 1.54) is 0 Å². The Kier molecular flexibility index (Phi) is 3.74. The van der Waals surface area contributed by atoms with Gasteiger partial charge in [0.2, 0.25) is 5.75 Å². The van der Waals surface area contributed by atoms with E-state index in [4.69, 9.17) is 5.26 Å². The van der Waals surface area contributed by atoms with E-state index >= 15 is 0 Å². The molecule has 0 fully saturated rings. The average Bonchev–Trinajstić information content (AvgIpc) is 2.25. The van der Waals surface area contributed by atoms with Gasteiger partial charge < -0.3 is 4.74 Å². The Bertz CT molecular complexity index is 589. The van der Waals surface area contributed by atoms with E-state index in [-0.39, 0.29) is 6.07 Å². The van der Waals surface area contributed by atoms with E-state index < -0.39 is 40.3 Å². The van der Waals surface area contributed by atoms with Crippen molar-refractivity contribution in [1.29, 1.82) is 5.26 Å². The summed E-state index contributed by atoms with van der Waals surface area (Å²) in [7, 11) is 0. The van der Waals surface area contributed by atoms with Gasteiger partial charge in [0.05, 0.1) is 11.0 Å². The zero-order chi connectivity index (χ0) is 15.7. The Morgan fingerprint density at radius 1 is 1.30 bits per heavy atom. The first-order valence-electron chi connectivity index (χ1n) is 4.38. The molecule has 0 aliphatic heterocycles. The molecular formula is C8HF6N3O3. The number of aromatic nitrogens is 1. The summed E-state index contributed by atoms with van der Waals surface area (Å²) in [5, 5.41) is 18.9. The van der Waals surface area contributed by atoms with E-state index in [0.29, 0.717) is 0 Å². The van der Waals surface area contributed by atoms with Crippen LogP contribution in [0.1, 0.15) is 11.4 Å². The van der Waals surface area contributed by atoms with Crippen molar-refractivity contribution in [1.82, 2.24) is 4.98 Å². The van der Waals surface area contributed by atoms with E-state index in [0.717, 1.165) is 6.07 Å². The maximum atomic E-state index is 12.5. The number of nitro groups is 1. The summed E-state index contributed by atoms with van der Waals surface area (Å²) in [6, 6.07) is 1.22. The predicted octanol–water partition coefficient (Wildman–Crippen LogP) is 2.78. The Morgan fingerprint density at radius 3 is 2.20 bits per heavy atom. The van der Waals surface area contributed by atoms with E-state index in [9.17, 15) is 36.5 Å². The maximum absolute atomic E-state index is 12.5. The lowest BCUT2D eigenvalue weighted by Gasteiger charge is -2.14. The highest BCUT2D eigenvalue weighted by molar-refractivity contribution is 5.53. The Morgan fingerprint density at radius 2 is 1.85 bits per heavy atom. The third-order valence-corrected chi connectivity index (χ3v) is 1.75. The molecule has 0 amide bonds. The standard InChI is InChI=1S/C8HF6N3O3/c9-7(10,11)6-5(20-8(12,13)14)4(17(18)19)1-3(2-15)16-6/h1H. The minimum absolute atomic E-state index is 0.149. The highest BCUT2D eigenvalue weighted by atomic mass is 19.4. The third-order valence-electron chi connectivity index (χ3n) is 1.75. The van der Waals surface area contributed by atoms with Gasteiger partial charge in [-0.05, 0) is 0 Å². The molecule has 20 heavy (non-hydrogen) atoms. The second-order valence-corrected chi connectivity index (χ2v) is 3.12. The second-order valence-electron chi connectivity index (χ2n) is 3.12. The molecule has 0 spiro atoms. The van der Waals surface area contributed by atoms with Gasteiger partial charge in [0, 0.05) is 0 Å². The molecule has 0 radical (unpaired) electrons. The van der Waals surface area contributed by atoms with Crippen LogP contribution in [-0.2, 0) is 6.18 Å². The molecule has 1 aromatic heterocycles. The molecule has 0 saturated heterocycles. The minimum Gasteiger partial charge on any atom is -0.396 e. The number of rotatable bonds is 2. The molecule has 0 aliphatic carbocycles. The van der Waals surface area contributed by atoms with Crippen molar-refractivity contribution < 1.29 is 36.0 Å². The number of pyridine rings is 1. The van der Waals surface area contributed by atoms with Crippen molar-refractivity contribution in [3.63, 3.8) is 0 Å². The van der Waals surface area contributed by atoms with Gasteiger partial charge in [-0.25, -0.2) is 4.98 Å². The highest BCUT2D eigenvalue weighted by Crippen LogP contribution is 2.42. The zero-order valence-corrected chi connectivity index (χ0v) is 8.91. The minimum atomic E-state index is -5.60. The Labute approximate surface area is 105 Å². The number of alkyl halides is 6. The van der Waals surface area contributed by atoms with Crippen LogP contribution in [0.2, 0.25) is 0 Å². The average molecular weight is 301 g/mol. The highest BCUT2D eigenvalue weighted by Gasteiger charge is 2.45. The van der Waals surface area contributed by atoms with Crippen molar-refractivity contribution in [3.05, 3.63) is 27.6 Å². The van der Waals surface area contributed by atoms with Gasteiger partial charge in [-0.3, -0.25) is 10.1 Å². The first kappa shape index (κ1) is 15.5. The van der Waals surface area contributed by atoms with Crippen LogP contribution in [0.5, 0.6) is 5.75 Å². The SMILES string of the molecule is N#Cc1cc([N+](=O)[O-])c(OC(F)(F)F)c(C(F)(F)F)n1. The van der Waals surface area contributed by atoms with Crippen molar-refractivity contribution in [3.8, 4) is 11.8 Å². The number of nitriles is 1. The smallest absolute Gasteiger partial charge is 0.396 e. The molecule has 1 heterocycles. The first-order valence-corrected chi connectivity index (χ1v) is 4.38. The largest absolute Gasteiger partial charge is 0.573 e. The third kappa shape index (κ3) is 3.46. The second kappa shape index (κ2) is 4.83. The van der Waals surface area contributed by atoms with Gasteiger partial charge in [-0.1, -0.05) is 0 Å². The van der Waals surface area contributed by atoms with Crippen molar-refractivity contribution >= 4 is 5.69 Å². The predicted molar refractivity (Wildman–Crippen MR) is 47.3 cm³/mol. The molecule has 0 bridgehead atoms. The van der Waals surface area contributed by atoms with Gasteiger partial charge in [0.15, 0.2) is 5.69 Å². The molecule has 1 rings (SSSR count). The summed E-state index contributed by atoms with van der Waals surface area (Å²) in [5.41, 5.74) is -5.04. The lowest BCUT2D eigenvalue weighted by molar-refractivity contribution is -0.389. The van der Waals surface area contributed by atoms with Gasteiger partial charge in [-0.15, -0.1) is 13.2 Å². The molecular weight excluding hydrogens is 300 g/mol. The quantitative estimate of drug-likeness (QED) is 0.476. The fourth-order valence-electron chi connectivity index (χ4n) is 1.12. The molecule has 12 heteroatoms. The van der Waals surface area contributed by atoms with Crippen LogP contribution in [0.15, 0.2) is 6.07 Å². The zero-order valence-electron chi connectivity index (χ0n) is 8.91. The van der Waals surface area contributed by atoms with Gasteiger partial charge in [0.1, 0.15) is 11.8 Å². The fourth-order valence-corrected chi connectivity index (χ4v) is 1.12. The van der Waals surface area contributed by atoms with Crippen LogP contribution in [0, 0.1) is 21.4 Å². The number of halogens is 6. The normalized spacial score (nSPS) is 11.8. The molecule has 0 N–H and O–H groups in total. The first-order chi connectivity index (χ1) is 8.95. The number of hydrogen-bond donors (Lipinski definition) is 0. The van der Waals surface area contributed by atoms with E-state index in [2.05, 4.69) is 9.72 Å². The number of nitrogens with zero attached hydrogens (tertiary/aromatic N) is 3. The topological polar surface area (TPSA) is 89.0 Å². The van der Waals surface area contributed by atoms with Gasteiger partial charge in [0.25, 0.3) is 0 Å². The molecule has 0 atom stereocenters. The summed E-state index contributed by atoms with van der Waals surface area (Å²) >= 11 is 0. The van der Waals surface area contributed by atoms with Crippen LogP contribution in [0.3, 0.4) is 0 Å². The fraction of sp³-hybridized carbons (Fsp3) is 0.250. The molecule has 0 aliphatic rings. The van der Waals surface area contributed by atoms with Crippen molar-refractivity contribution in [2.24, 2.45) is 0 Å².